The fourth-order valence-corrected chi connectivity index (χ4v) is 7.15. The topological polar surface area (TPSA) is 60.9 Å². The average molecular weight is 477 g/mol. The number of sulfonamides is 1. The van der Waals surface area contributed by atoms with Gasteiger partial charge in [-0.25, -0.2) is 12.7 Å². The second-order valence-electron chi connectivity index (χ2n) is 9.38. The maximum absolute atomic E-state index is 13.4. The van der Waals surface area contributed by atoms with E-state index >= 15 is 0 Å². The summed E-state index contributed by atoms with van der Waals surface area (Å²) in [5, 5.41) is 10.2. The Labute approximate surface area is 202 Å². The van der Waals surface area contributed by atoms with Gasteiger partial charge >= 0.3 is 0 Å². The zero-order chi connectivity index (χ0) is 23.5. The normalized spacial score (nSPS) is 24.0. The van der Waals surface area contributed by atoms with Crippen molar-refractivity contribution in [2.45, 2.75) is 36.6 Å². The zero-order valence-corrected chi connectivity index (χ0v) is 20.1. The second kappa shape index (κ2) is 10.0. The highest BCUT2D eigenvalue weighted by atomic mass is 32.2. The summed E-state index contributed by atoms with van der Waals surface area (Å²) in [7, 11) is -3.43. The van der Waals surface area contributed by atoms with E-state index in [2.05, 4.69) is 41.3 Å². The molecule has 2 heterocycles. The fourth-order valence-electron chi connectivity index (χ4n) is 5.57. The minimum Gasteiger partial charge on any atom is -0.395 e. The number of hydrogen-bond donors (Lipinski definition) is 1. The number of nitrogens with zero attached hydrogens (tertiary/aromatic N) is 2. The average Bonchev–Trinajstić information content (AvgIpc) is 2.84. The van der Waals surface area contributed by atoms with Crippen LogP contribution in [0.2, 0.25) is 0 Å². The van der Waals surface area contributed by atoms with Crippen LogP contribution in [0.15, 0.2) is 84.9 Å². The Morgan fingerprint density at radius 2 is 1.41 bits per heavy atom. The Morgan fingerprint density at radius 1 is 0.794 bits per heavy atom. The summed E-state index contributed by atoms with van der Waals surface area (Å²) in [5.41, 5.74) is 4.32. The maximum atomic E-state index is 13.4. The van der Waals surface area contributed by atoms with E-state index in [1.54, 1.807) is 4.31 Å². The first kappa shape index (κ1) is 23.2. The molecule has 6 heteroatoms. The summed E-state index contributed by atoms with van der Waals surface area (Å²) in [6.07, 6.45) is 1.77. The van der Waals surface area contributed by atoms with E-state index in [9.17, 15) is 13.5 Å². The van der Waals surface area contributed by atoms with Crippen LogP contribution in [0.3, 0.4) is 0 Å². The molecule has 0 bridgehead atoms. The molecule has 0 aromatic heterocycles. The Morgan fingerprint density at radius 3 is 2.09 bits per heavy atom. The molecule has 2 saturated heterocycles. The standard InChI is InChI=1S/C28H32N2O3S/c31-20-27-28(25-15-13-24(14-16-25)23-11-5-2-6-12-23)26-19-29(17-7-8-18-30(26)27)34(32,33)21-22-9-3-1-4-10-22/h1-6,9-16,26-28,31H,7-8,17-21H2/t26-,27-,28+/m0/s1. The molecule has 2 fully saturated rings. The molecule has 3 aromatic carbocycles. The van der Waals surface area contributed by atoms with Crippen molar-refractivity contribution < 1.29 is 13.5 Å². The highest BCUT2D eigenvalue weighted by Crippen LogP contribution is 2.42. The van der Waals surface area contributed by atoms with Crippen LogP contribution in [-0.4, -0.2) is 61.1 Å². The van der Waals surface area contributed by atoms with Crippen molar-refractivity contribution in [3.05, 3.63) is 96.1 Å². The highest BCUT2D eigenvalue weighted by Gasteiger charge is 2.50. The number of benzene rings is 3. The molecule has 1 N–H and O–H groups in total. The van der Waals surface area contributed by atoms with Gasteiger partial charge in [-0.3, -0.25) is 4.90 Å². The molecule has 3 atom stereocenters. The van der Waals surface area contributed by atoms with Crippen LogP contribution in [0.4, 0.5) is 0 Å². The number of aliphatic hydroxyl groups excluding tert-OH is 1. The van der Waals surface area contributed by atoms with Crippen LogP contribution in [-0.2, 0) is 15.8 Å². The quantitative estimate of drug-likeness (QED) is 0.582. The molecule has 5 nitrogen and oxygen atoms in total. The molecule has 0 aliphatic carbocycles. The molecule has 2 aliphatic rings. The monoisotopic (exact) mass is 476 g/mol. The van der Waals surface area contributed by atoms with Gasteiger partial charge in [0.05, 0.1) is 12.4 Å². The summed E-state index contributed by atoms with van der Waals surface area (Å²) in [6.45, 7) is 2.01. The van der Waals surface area contributed by atoms with Gasteiger partial charge in [0.25, 0.3) is 0 Å². The fraction of sp³-hybridized carbons (Fsp3) is 0.357. The lowest BCUT2D eigenvalue weighted by Gasteiger charge is -2.57. The van der Waals surface area contributed by atoms with Crippen molar-refractivity contribution in [1.29, 1.82) is 0 Å². The third-order valence-corrected chi connectivity index (χ3v) is 9.14. The Balaban J connectivity index is 1.38. The van der Waals surface area contributed by atoms with Gasteiger partial charge in [0, 0.05) is 31.1 Å². The van der Waals surface area contributed by atoms with Gasteiger partial charge in [-0.05, 0) is 41.6 Å². The molecule has 5 rings (SSSR count). The van der Waals surface area contributed by atoms with Crippen molar-refractivity contribution in [1.82, 2.24) is 9.21 Å². The lowest BCUT2D eigenvalue weighted by Crippen LogP contribution is -2.67. The number of aliphatic hydroxyl groups is 1. The first-order chi connectivity index (χ1) is 16.6. The molecule has 34 heavy (non-hydrogen) atoms. The summed E-state index contributed by atoms with van der Waals surface area (Å²) >= 11 is 0. The van der Waals surface area contributed by atoms with Gasteiger partial charge in [-0.1, -0.05) is 84.9 Å². The first-order valence-corrected chi connectivity index (χ1v) is 13.7. The van der Waals surface area contributed by atoms with E-state index in [0.717, 1.165) is 30.5 Å². The summed E-state index contributed by atoms with van der Waals surface area (Å²) in [4.78, 5) is 2.32. The van der Waals surface area contributed by atoms with Gasteiger partial charge in [0.2, 0.25) is 10.0 Å². The van der Waals surface area contributed by atoms with Crippen molar-refractivity contribution >= 4 is 10.0 Å². The predicted octanol–water partition coefficient (Wildman–Crippen LogP) is 4.11. The van der Waals surface area contributed by atoms with Crippen molar-refractivity contribution in [2.24, 2.45) is 0 Å². The Bertz CT molecular complexity index is 1180. The van der Waals surface area contributed by atoms with Crippen molar-refractivity contribution in [2.75, 3.05) is 26.2 Å². The molecule has 3 aromatic rings. The van der Waals surface area contributed by atoms with Gasteiger partial charge in [-0.15, -0.1) is 0 Å². The smallest absolute Gasteiger partial charge is 0.218 e. The van der Waals surface area contributed by atoms with E-state index in [1.807, 2.05) is 48.5 Å². The number of rotatable bonds is 6. The molecule has 0 spiro atoms. The summed E-state index contributed by atoms with van der Waals surface area (Å²) < 4.78 is 28.4. The predicted molar refractivity (Wildman–Crippen MR) is 136 cm³/mol. The molecular formula is C28H32N2O3S. The van der Waals surface area contributed by atoms with Crippen LogP contribution in [0.25, 0.3) is 11.1 Å². The molecule has 178 valence electrons. The second-order valence-corrected chi connectivity index (χ2v) is 11.3. The molecule has 0 amide bonds. The molecule has 0 radical (unpaired) electrons. The van der Waals surface area contributed by atoms with Gasteiger partial charge in [-0.2, -0.15) is 0 Å². The maximum Gasteiger partial charge on any atom is 0.218 e. The molecular weight excluding hydrogens is 444 g/mol. The molecule has 0 saturated carbocycles. The largest absolute Gasteiger partial charge is 0.395 e. The molecule has 2 aliphatic heterocycles. The van der Waals surface area contributed by atoms with Gasteiger partial charge < -0.3 is 5.11 Å². The lowest BCUT2D eigenvalue weighted by atomic mass is 9.74. The van der Waals surface area contributed by atoms with Crippen LogP contribution in [0, 0.1) is 0 Å². The zero-order valence-electron chi connectivity index (χ0n) is 19.3. The van der Waals surface area contributed by atoms with Crippen molar-refractivity contribution in [3.63, 3.8) is 0 Å². The van der Waals surface area contributed by atoms with E-state index < -0.39 is 10.0 Å². The van der Waals surface area contributed by atoms with Crippen LogP contribution >= 0.6 is 0 Å². The van der Waals surface area contributed by atoms with E-state index in [-0.39, 0.29) is 30.4 Å². The third-order valence-electron chi connectivity index (χ3n) is 7.32. The third kappa shape index (κ3) is 4.68. The van der Waals surface area contributed by atoms with Crippen LogP contribution < -0.4 is 0 Å². The van der Waals surface area contributed by atoms with E-state index in [0.29, 0.717) is 13.1 Å². The lowest BCUT2D eigenvalue weighted by molar-refractivity contribution is -0.0554. The van der Waals surface area contributed by atoms with Gasteiger partial charge in [0.15, 0.2) is 0 Å². The minimum absolute atomic E-state index is 0.0282. The van der Waals surface area contributed by atoms with Gasteiger partial charge in [0.1, 0.15) is 0 Å². The Kier molecular flexibility index (Phi) is 6.84. The highest BCUT2D eigenvalue weighted by molar-refractivity contribution is 7.88. The summed E-state index contributed by atoms with van der Waals surface area (Å²) in [5.74, 6) is 0.141. The van der Waals surface area contributed by atoms with Crippen LogP contribution in [0.1, 0.15) is 29.9 Å². The Hall–Kier alpha value is -2.51. The molecule has 0 unspecified atom stereocenters. The van der Waals surface area contributed by atoms with Crippen LogP contribution in [0.5, 0.6) is 0 Å². The SMILES string of the molecule is O=S(=O)(Cc1ccccc1)N1CCCCN2[C@@H](CO)[C@H](c3ccc(-c4ccccc4)cc3)[C@@H]2C1. The van der Waals surface area contributed by atoms with Crippen molar-refractivity contribution in [3.8, 4) is 11.1 Å². The van der Waals surface area contributed by atoms with E-state index in [4.69, 9.17) is 0 Å². The number of fused-ring (bicyclic) bond motifs is 1. The number of hydrogen-bond acceptors (Lipinski definition) is 4. The minimum atomic E-state index is -3.43. The summed E-state index contributed by atoms with van der Waals surface area (Å²) in [6, 6.07) is 28.4. The first-order valence-electron chi connectivity index (χ1n) is 12.1. The van der Waals surface area contributed by atoms with E-state index in [1.165, 1.54) is 11.1 Å².